The van der Waals surface area contributed by atoms with Crippen LogP contribution < -0.4 is 19.5 Å². The van der Waals surface area contributed by atoms with Gasteiger partial charge in [-0.25, -0.2) is 27.9 Å². The van der Waals surface area contributed by atoms with Crippen molar-refractivity contribution in [3.63, 3.8) is 0 Å². The standard InChI is InChI=1S/C26H25F3N6O7S/c1-40-17-10-16(11-18(12-17)41-2)32-25-31-14-20(22(33-25)35-6-5-21(34-35)26(27,28)29)15-9-19(24(36)37)23(30-13-15)42-7-4-8-43(3,38)39/h5-6,9-14H,4,7-8H2,1-3H3,(H,36,37)(H,31,32,33). The highest BCUT2D eigenvalue weighted by Gasteiger charge is 2.34. The lowest BCUT2D eigenvalue weighted by atomic mass is 10.1. The summed E-state index contributed by atoms with van der Waals surface area (Å²) >= 11 is 0. The van der Waals surface area contributed by atoms with Gasteiger partial charge in [0.05, 0.1) is 26.6 Å². The second-order valence-corrected chi connectivity index (χ2v) is 11.3. The van der Waals surface area contributed by atoms with E-state index in [0.717, 1.165) is 23.2 Å². The van der Waals surface area contributed by atoms with Crippen molar-refractivity contribution in [2.75, 3.05) is 38.2 Å². The molecular formula is C26H25F3N6O7S. The first-order valence-electron chi connectivity index (χ1n) is 12.3. The van der Waals surface area contributed by atoms with Crippen LogP contribution in [0.4, 0.5) is 24.8 Å². The zero-order chi connectivity index (χ0) is 31.4. The number of anilines is 2. The minimum Gasteiger partial charge on any atom is -0.497 e. The van der Waals surface area contributed by atoms with Gasteiger partial charge in [0.1, 0.15) is 26.9 Å². The fourth-order valence-corrected chi connectivity index (χ4v) is 4.41. The van der Waals surface area contributed by atoms with Crippen LogP contribution >= 0.6 is 0 Å². The van der Waals surface area contributed by atoms with Gasteiger partial charge in [-0.05, 0) is 18.6 Å². The van der Waals surface area contributed by atoms with Crippen LogP contribution in [-0.2, 0) is 16.0 Å². The number of hydrogen-bond acceptors (Lipinski definition) is 11. The molecule has 1 aromatic carbocycles. The summed E-state index contributed by atoms with van der Waals surface area (Å²) in [6, 6.07) is 6.83. The summed E-state index contributed by atoms with van der Waals surface area (Å²) in [6.07, 6.45) is -0.00854. The molecule has 43 heavy (non-hydrogen) atoms. The smallest absolute Gasteiger partial charge is 0.435 e. The lowest BCUT2D eigenvalue weighted by Crippen LogP contribution is -2.12. The molecule has 0 radical (unpaired) electrons. The molecule has 0 aliphatic heterocycles. The van der Waals surface area contributed by atoms with Gasteiger partial charge < -0.3 is 24.6 Å². The van der Waals surface area contributed by atoms with E-state index in [1.807, 2.05) is 0 Å². The second-order valence-electron chi connectivity index (χ2n) is 9.01. The Labute approximate surface area is 243 Å². The number of carbonyl (C=O) groups is 1. The predicted molar refractivity (Wildman–Crippen MR) is 147 cm³/mol. The van der Waals surface area contributed by atoms with Crippen molar-refractivity contribution >= 4 is 27.4 Å². The minimum absolute atomic E-state index is 0.0321. The highest BCUT2D eigenvalue weighted by Crippen LogP contribution is 2.33. The second kappa shape index (κ2) is 12.5. The zero-order valence-electron chi connectivity index (χ0n) is 22.9. The number of aromatic carboxylic acids is 1. The molecule has 0 saturated heterocycles. The number of nitrogens with zero attached hydrogens (tertiary/aromatic N) is 5. The molecule has 0 atom stereocenters. The van der Waals surface area contributed by atoms with E-state index in [2.05, 4.69) is 25.4 Å². The average Bonchev–Trinajstić information content (AvgIpc) is 3.46. The normalized spacial score (nSPS) is 11.7. The Morgan fingerprint density at radius 3 is 2.35 bits per heavy atom. The van der Waals surface area contributed by atoms with E-state index in [9.17, 15) is 31.5 Å². The number of sulfone groups is 1. The Bertz CT molecular complexity index is 1720. The van der Waals surface area contributed by atoms with Crippen molar-refractivity contribution in [3.8, 4) is 34.3 Å². The lowest BCUT2D eigenvalue weighted by Gasteiger charge is -2.14. The Hall–Kier alpha value is -4.93. The van der Waals surface area contributed by atoms with E-state index in [4.69, 9.17) is 14.2 Å². The first kappa shape index (κ1) is 31.0. The topological polar surface area (TPSA) is 168 Å². The molecule has 228 valence electrons. The minimum atomic E-state index is -4.73. The maximum atomic E-state index is 13.4. The van der Waals surface area contributed by atoms with Gasteiger partial charge in [0, 0.05) is 59.9 Å². The van der Waals surface area contributed by atoms with Gasteiger partial charge in [0.2, 0.25) is 11.8 Å². The molecule has 13 nitrogen and oxygen atoms in total. The molecule has 2 N–H and O–H groups in total. The van der Waals surface area contributed by atoms with Gasteiger partial charge in [0.15, 0.2) is 11.5 Å². The number of ether oxygens (including phenoxy) is 3. The van der Waals surface area contributed by atoms with Crippen molar-refractivity contribution in [1.29, 1.82) is 0 Å². The summed E-state index contributed by atoms with van der Waals surface area (Å²) in [4.78, 5) is 24.7. The van der Waals surface area contributed by atoms with Gasteiger partial charge in [-0.15, -0.1) is 0 Å². The summed E-state index contributed by atoms with van der Waals surface area (Å²) in [5.41, 5.74) is -0.867. The van der Waals surface area contributed by atoms with Gasteiger partial charge in [0.25, 0.3) is 0 Å². The molecule has 0 spiro atoms. The van der Waals surface area contributed by atoms with E-state index >= 15 is 0 Å². The molecule has 3 aromatic heterocycles. The van der Waals surface area contributed by atoms with E-state index < -0.39 is 27.7 Å². The van der Waals surface area contributed by atoms with Gasteiger partial charge in [-0.1, -0.05) is 0 Å². The molecule has 0 unspecified atom stereocenters. The number of hydrogen-bond donors (Lipinski definition) is 2. The molecule has 4 rings (SSSR count). The molecule has 17 heteroatoms. The van der Waals surface area contributed by atoms with Crippen molar-refractivity contribution in [2.24, 2.45) is 0 Å². The first-order chi connectivity index (χ1) is 20.3. The van der Waals surface area contributed by atoms with Crippen LogP contribution in [0.25, 0.3) is 16.9 Å². The summed E-state index contributed by atoms with van der Waals surface area (Å²) in [7, 11) is -0.321. The third-order valence-corrected chi connectivity index (χ3v) is 6.79. The molecule has 0 aliphatic rings. The molecule has 0 amide bonds. The summed E-state index contributed by atoms with van der Waals surface area (Å²) in [5.74, 6) is -1.09. The maximum Gasteiger partial charge on any atom is 0.435 e. The SMILES string of the molecule is COc1cc(Nc2ncc(-c3cnc(OCCCS(C)(=O)=O)c(C(=O)O)c3)c(-n3ccc(C(F)(F)F)n3)n2)cc(OC)c1. The fourth-order valence-electron chi connectivity index (χ4n) is 3.77. The number of methoxy groups -OCH3 is 2. The summed E-state index contributed by atoms with van der Waals surface area (Å²) < 4.78 is 79.6. The highest BCUT2D eigenvalue weighted by atomic mass is 32.2. The highest BCUT2D eigenvalue weighted by molar-refractivity contribution is 7.90. The predicted octanol–water partition coefficient (Wildman–Crippen LogP) is 4.02. The third-order valence-electron chi connectivity index (χ3n) is 5.76. The molecule has 3 heterocycles. The molecule has 0 saturated carbocycles. The number of halogens is 3. The molecule has 0 fully saturated rings. The quantitative estimate of drug-likeness (QED) is 0.218. The van der Waals surface area contributed by atoms with Crippen LogP contribution in [0.3, 0.4) is 0 Å². The van der Waals surface area contributed by atoms with Gasteiger partial charge >= 0.3 is 12.1 Å². The lowest BCUT2D eigenvalue weighted by molar-refractivity contribution is -0.141. The van der Waals surface area contributed by atoms with Crippen molar-refractivity contribution in [2.45, 2.75) is 12.6 Å². The van der Waals surface area contributed by atoms with Crippen LogP contribution in [-0.4, -0.2) is 77.1 Å². The van der Waals surface area contributed by atoms with Crippen molar-refractivity contribution in [1.82, 2.24) is 24.7 Å². The molecule has 0 bridgehead atoms. The Morgan fingerprint density at radius 2 is 1.77 bits per heavy atom. The first-order valence-corrected chi connectivity index (χ1v) is 14.4. The Morgan fingerprint density at radius 1 is 1.07 bits per heavy atom. The number of carboxylic acids is 1. The number of nitrogens with one attached hydrogen (secondary N) is 1. The van der Waals surface area contributed by atoms with Crippen LogP contribution in [0.2, 0.25) is 0 Å². The molecule has 4 aromatic rings. The van der Waals surface area contributed by atoms with Crippen LogP contribution in [0.15, 0.2) is 48.9 Å². The summed E-state index contributed by atoms with van der Waals surface area (Å²) in [5, 5.41) is 16.3. The van der Waals surface area contributed by atoms with Crippen LogP contribution in [0.5, 0.6) is 17.4 Å². The fraction of sp³-hybridized carbons (Fsp3) is 0.269. The van der Waals surface area contributed by atoms with Gasteiger partial charge in [-0.3, -0.25) is 0 Å². The number of carboxylic acid groups (broad SMARTS) is 1. The number of benzene rings is 1. The molecular weight excluding hydrogens is 597 g/mol. The zero-order valence-corrected chi connectivity index (χ0v) is 23.7. The number of aromatic nitrogens is 5. The number of rotatable bonds is 12. The van der Waals surface area contributed by atoms with E-state index in [-0.39, 0.29) is 53.1 Å². The van der Waals surface area contributed by atoms with Gasteiger partial charge in [-0.2, -0.15) is 23.3 Å². The average molecular weight is 623 g/mol. The van der Waals surface area contributed by atoms with E-state index in [1.165, 1.54) is 32.7 Å². The monoisotopic (exact) mass is 622 g/mol. The third kappa shape index (κ3) is 7.88. The number of alkyl halides is 3. The molecule has 0 aliphatic carbocycles. The Balaban J connectivity index is 1.75. The van der Waals surface area contributed by atoms with Crippen LogP contribution in [0.1, 0.15) is 22.5 Å². The van der Waals surface area contributed by atoms with Crippen molar-refractivity contribution < 1.29 is 45.7 Å². The van der Waals surface area contributed by atoms with E-state index in [0.29, 0.717) is 17.2 Å². The van der Waals surface area contributed by atoms with Crippen molar-refractivity contribution in [3.05, 3.63) is 60.2 Å². The largest absolute Gasteiger partial charge is 0.497 e. The number of pyridine rings is 1. The summed E-state index contributed by atoms with van der Waals surface area (Å²) in [6.45, 7) is -0.114. The Kier molecular flexibility index (Phi) is 9.03. The maximum absolute atomic E-state index is 13.4. The van der Waals surface area contributed by atoms with E-state index in [1.54, 1.807) is 18.2 Å². The van der Waals surface area contributed by atoms with Crippen LogP contribution in [0, 0.1) is 0 Å².